The summed E-state index contributed by atoms with van der Waals surface area (Å²) in [4.78, 5) is 14.3. The third-order valence-corrected chi connectivity index (χ3v) is 3.02. The predicted molar refractivity (Wildman–Crippen MR) is 79.7 cm³/mol. The minimum Gasteiger partial charge on any atom is -0.494 e. The first-order valence-electron chi connectivity index (χ1n) is 6.64. The van der Waals surface area contributed by atoms with E-state index in [0.29, 0.717) is 0 Å². The largest absolute Gasteiger partial charge is 0.494 e. The van der Waals surface area contributed by atoms with E-state index in [-0.39, 0.29) is 28.6 Å². The molecule has 0 unspecified atom stereocenters. The first-order valence-corrected chi connectivity index (χ1v) is 6.64. The van der Waals surface area contributed by atoms with Crippen LogP contribution >= 0.6 is 0 Å². The first kappa shape index (κ1) is 17.3. The minimum atomic E-state index is -1.26. The highest BCUT2D eigenvalue weighted by Gasteiger charge is 2.20. The Morgan fingerprint density at radius 1 is 1.21 bits per heavy atom. The maximum absolute atomic E-state index is 14.2. The molecule has 0 aliphatic carbocycles. The Morgan fingerprint density at radius 2 is 1.83 bits per heavy atom. The van der Waals surface area contributed by atoms with Crippen LogP contribution in [-0.2, 0) is 6.61 Å². The number of aromatic nitrogens is 1. The number of ether oxygens (including phenoxy) is 3. The van der Waals surface area contributed by atoms with Crippen molar-refractivity contribution in [3.8, 4) is 17.2 Å². The molecular weight excluding hydrogens is 326 g/mol. The summed E-state index contributed by atoms with van der Waals surface area (Å²) in [6.07, 6.45) is -0.0397. The topological polar surface area (TPSA) is 89.9 Å². The fraction of sp³-hybridized carbons (Fsp3) is 0.200. The van der Waals surface area contributed by atoms with Crippen LogP contribution in [0, 0.1) is 11.6 Å². The molecule has 0 aliphatic rings. The predicted octanol–water partition coefficient (Wildman–Crippen LogP) is 3.05. The smallest absolute Gasteiger partial charge is 0.410 e. The summed E-state index contributed by atoms with van der Waals surface area (Å²) in [6, 6.07) is 3.86. The SMILES string of the molecule is COc1cc(OC)c(F)c(COc2ccc(NC(=O)O)nc2)c1F. The van der Waals surface area contributed by atoms with Crippen LogP contribution in [0.25, 0.3) is 0 Å². The van der Waals surface area contributed by atoms with Crippen molar-refractivity contribution in [3.63, 3.8) is 0 Å². The van der Waals surface area contributed by atoms with Crippen molar-refractivity contribution in [2.45, 2.75) is 6.61 Å². The lowest BCUT2D eigenvalue weighted by Gasteiger charge is -2.13. The average Bonchev–Trinajstić information content (AvgIpc) is 2.56. The van der Waals surface area contributed by atoms with Gasteiger partial charge in [0.15, 0.2) is 23.1 Å². The zero-order chi connectivity index (χ0) is 17.7. The van der Waals surface area contributed by atoms with Crippen molar-refractivity contribution in [1.29, 1.82) is 0 Å². The number of hydrogen-bond donors (Lipinski definition) is 2. The van der Waals surface area contributed by atoms with E-state index in [1.807, 2.05) is 0 Å². The third-order valence-electron chi connectivity index (χ3n) is 3.02. The molecule has 0 bridgehead atoms. The Bertz CT molecular complexity index is 709. The van der Waals surface area contributed by atoms with Gasteiger partial charge in [-0.1, -0.05) is 0 Å². The van der Waals surface area contributed by atoms with Crippen molar-refractivity contribution >= 4 is 11.9 Å². The van der Waals surface area contributed by atoms with Crippen molar-refractivity contribution in [3.05, 3.63) is 41.6 Å². The number of amides is 1. The fourth-order valence-electron chi connectivity index (χ4n) is 1.87. The van der Waals surface area contributed by atoms with Crippen LogP contribution in [0.15, 0.2) is 24.4 Å². The molecule has 0 saturated heterocycles. The summed E-state index contributed by atoms with van der Waals surface area (Å²) in [5.41, 5.74) is -0.362. The number of hydrogen-bond acceptors (Lipinski definition) is 5. The summed E-state index contributed by atoms with van der Waals surface area (Å²) in [5, 5.41) is 10.6. The highest BCUT2D eigenvalue weighted by Crippen LogP contribution is 2.31. The summed E-state index contributed by atoms with van der Waals surface area (Å²) >= 11 is 0. The monoisotopic (exact) mass is 340 g/mol. The Morgan fingerprint density at radius 3 is 2.29 bits per heavy atom. The van der Waals surface area contributed by atoms with Gasteiger partial charge in [0.1, 0.15) is 18.2 Å². The second-order valence-corrected chi connectivity index (χ2v) is 4.49. The van der Waals surface area contributed by atoms with Gasteiger partial charge in [0.05, 0.1) is 26.0 Å². The van der Waals surface area contributed by atoms with Crippen LogP contribution < -0.4 is 19.5 Å². The first-order chi connectivity index (χ1) is 11.5. The quantitative estimate of drug-likeness (QED) is 0.840. The van der Waals surface area contributed by atoms with Crippen molar-refractivity contribution in [1.82, 2.24) is 4.98 Å². The highest BCUT2D eigenvalue weighted by molar-refractivity contribution is 5.81. The number of benzene rings is 1. The van der Waals surface area contributed by atoms with Gasteiger partial charge >= 0.3 is 6.09 Å². The summed E-state index contributed by atoms with van der Waals surface area (Å²) in [7, 11) is 2.50. The summed E-state index contributed by atoms with van der Waals surface area (Å²) < 4.78 is 43.3. The lowest BCUT2D eigenvalue weighted by atomic mass is 10.1. The van der Waals surface area contributed by atoms with E-state index in [9.17, 15) is 13.6 Å². The molecule has 1 aromatic heterocycles. The van der Waals surface area contributed by atoms with E-state index >= 15 is 0 Å². The van der Waals surface area contributed by atoms with Crippen molar-refractivity contribution < 1.29 is 32.9 Å². The van der Waals surface area contributed by atoms with Gasteiger partial charge in [-0.2, -0.15) is 0 Å². The summed E-state index contributed by atoms with van der Waals surface area (Å²) in [5.74, 6) is -1.85. The normalized spacial score (nSPS) is 10.2. The molecule has 7 nitrogen and oxygen atoms in total. The Balaban J connectivity index is 2.18. The lowest BCUT2D eigenvalue weighted by molar-refractivity contribution is 0.209. The molecule has 24 heavy (non-hydrogen) atoms. The fourth-order valence-corrected chi connectivity index (χ4v) is 1.87. The zero-order valence-corrected chi connectivity index (χ0v) is 12.8. The van der Waals surface area contributed by atoms with E-state index in [0.717, 1.165) is 6.07 Å². The molecule has 0 fully saturated rings. The third kappa shape index (κ3) is 3.80. The van der Waals surface area contributed by atoms with Crippen LogP contribution in [0.1, 0.15) is 5.56 Å². The molecule has 0 aliphatic heterocycles. The van der Waals surface area contributed by atoms with Crippen molar-refractivity contribution in [2.24, 2.45) is 0 Å². The van der Waals surface area contributed by atoms with E-state index in [1.54, 1.807) is 0 Å². The van der Waals surface area contributed by atoms with E-state index in [1.165, 1.54) is 32.5 Å². The van der Waals surface area contributed by atoms with Gasteiger partial charge in [-0.15, -0.1) is 0 Å². The Labute approximate surface area is 135 Å². The molecule has 2 aromatic rings. The van der Waals surface area contributed by atoms with E-state index in [4.69, 9.17) is 19.3 Å². The van der Waals surface area contributed by atoms with Crippen LogP contribution in [-0.4, -0.2) is 30.4 Å². The average molecular weight is 340 g/mol. The van der Waals surface area contributed by atoms with Crippen LogP contribution in [0.4, 0.5) is 19.4 Å². The molecule has 0 saturated carbocycles. The van der Waals surface area contributed by atoms with Crippen LogP contribution in [0.2, 0.25) is 0 Å². The minimum absolute atomic E-state index is 0.0928. The van der Waals surface area contributed by atoms with E-state index in [2.05, 4.69) is 10.3 Å². The molecule has 2 rings (SSSR count). The maximum Gasteiger partial charge on any atom is 0.410 e. The summed E-state index contributed by atoms with van der Waals surface area (Å²) in [6.45, 7) is -0.432. The number of halogens is 2. The molecule has 0 atom stereocenters. The number of rotatable bonds is 6. The number of carbonyl (C=O) groups is 1. The molecule has 128 valence electrons. The lowest BCUT2D eigenvalue weighted by Crippen LogP contribution is -2.09. The maximum atomic E-state index is 14.2. The molecule has 9 heteroatoms. The van der Waals surface area contributed by atoms with Gasteiger partial charge in [-0.05, 0) is 12.1 Å². The molecule has 1 heterocycles. The standard InChI is InChI=1S/C15H14F2N2O5/c1-22-10-5-11(23-2)14(17)9(13(10)16)7-24-8-3-4-12(18-6-8)19-15(20)21/h3-6H,7H2,1-2H3,(H,18,19)(H,20,21). The number of methoxy groups -OCH3 is 2. The molecule has 1 aromatic carbocycles. The van der Waals surface area contributed by atoms with Gasteiger partial charge in [0, 0.05) is 6.07 Å². The number of nitrogens with one attached hydrogen (secondary N) is 1. The van der Waals surface area contributed by atoms with Gasteiger partial charge < -0.3 is 19.3 Å². The molecule has 0 spiro atoms. The second kappa shape index (κ2) is 7.44. The van der Waals surface area contributed by atoms with Gasteiger partial charge in [0.25, 0.3) is 0 Å². The van der Waals surface area contributed by atoms with Gasteiger partial charge in [0.2, 0.25) is 0 Å². The Kier molecular flexibility index (Phi) is 5.35. The molecule has 2 N–H and O–H groups in total. The number of anilines is 1. The number of nitrogens with zero attached hydrogens (tertiary/aromatic N) is 1. The zero-order valence-electron chi connectivity index (χ0n) is 12.8. The van der Waals surface area contributed by atoms with E-state index < -0.39 is 24.3 Å². The second-order valence-electron chi connectivity index (χ2n) is 4.49. The molecular formula is C15H14F2N2O5. The van der Waals surface area contributed by atoms with Crippen molar-refractivity contribution in [2.75, 3.05) is 19.5 Å². The van der Waals surface area contributed by atoms with Gasteiger partial charge in [-0.25, -0.2) is 18.6 Å². The van der Waals surface area contributed by atoms with Gasteiger partial charge in [-0.3, -0.25) is 5.32 Å². The number of carboxylic acid groups (broad SMARTS) is 1. The highest BCUT2D eigenvalue weighted by atomic mass is 19.1. The number of pyridine rings is 1. The molecule has 0 radical (unpaired) electrons. The van der Waals surface area contributed by atoms with Crippen LogP contribution in [0.5, 0.6) is 17.2 Å². The van der Waals surface area contributed by atoms with Crippen LogP contribution in [0.3, 0.4) is 0 Å². The Hall–Kier alpha value is -3.10. The molecule has 1 amide bonds.